The van der Waals surface area contributed by atoms with Crippen LogP contribution < -0.4 is 10.2 Å². The highest BCUT2D eigenvalue weighted by molar-refractivity contribution is 7.45. The summed E-state index contributed by atoms with van der Waals surface area (Å²) >= 11 is 0. The lowest BCUT2D eigenvalue weighted by molar-refractivity contribution is -0.870. The molecule has 0 bridgehead atoms. The van der Waals surface area contributed by atoms with Crippen molar-refractivity contribution < 1.29 is 37.3 Å². The number of nitrogens with one attached hydrogen (secondary N) is 1. The topological polar surface area (TPSA) is 114 Å². The number of nitrogens with zero attached hydrogens (tertiary/aromatic N) is 1. The lowest BCUT2D eigenvalue weighted by atomic mass is 10.1. The summed E-state index contributed by atoms with van der Waals surface area (Å²) in [6.07, 6.45) is 52.5. The van der Waals surface area contributed by atoms with Gasteiger partial charge in [0.15, 0.2) is 0 Å². The van der Waals surface area contributed by atoms with Gasteiger partial charge in [0, 0.05) is 12.8 Å². The van der Waals surface area contributed by atoms with Crippen LogP contribution in [0.5, 0.6) is 0 Å². The van der Waals surface area contributed by atoms with Crippen molar-refractivity contribution in [1.82, 2.24) is 5.32 Å². The molecule has 0 saturated heterocycles. The normalized spacial score (nSPS) is 14.1. The van der Waals surface area contributed by atoms with Crippen molar-refractivity contribution in [3.63, 3.8) is 0 Å². The predicted molar refractivity (Wildman–Crippen MR) is 275 cm³/mol. The van der Waals surface area contributed by atoms with Gasteiger partial charge in [0.1, 0.15) is 19.3 Å². The van der Waals surface area contributed by atoms with Crippen molar-refractivity contribution in [2.24, 2.45) is 0 Å². The SMILES string of the molecule is CCCCCC/C=C\CCCCCCCCCC(=O)OC(/C=C/CCCCCCCCCCC)C(COP(=O)([O-])OCC[N+](C)(C)C)NC(=O)CCCCC/C=C\CCCCCCCC. The van der Waals surface area contributed by atoms with E-state index >= 15 is 0 Å². The number of allylic oxidation sites excluding steroid dienone is 5. The Bertz CT molecular complexity index is 1220. The molecule has 1 N–H and O–H groups in total. The van der Waals surface area contributed by atoms with Gasteiger partial charge in [0.25, 0.3) is 7.82 Å². The van der Waals surface area contributed by atoms with Gasteiger partial charge in [-0.25, -0.2) is 0 Å². The monoisotopic (exact) mass is 937 g/mol. The Labute approximate surface area is 402 Å². The molecule has 0 aliphatic rings. The van der Waals surface area contributed by atoms with Crippen LogP contribution >= 0.6 is 7.82 Å². The van der Waals surface area contributed by atoms with Gasteiger partial charge in [-0.3, -0.25) is 14.2 Å². The van der Waals surface area contributed by atoms with Crippen LogP contribution in [0.15, 0.2) is 36.5 Å². The molecule has 0 saturated carbocycles. The quantitative estimate of drug-likeness (QED) is 0.0212. The molecule has 0 aromatic carbocycles. The van der Waals surface area contributed by atoms with Crippen LogP contribution in [0, 0.1) is 0 Å². The second-order valence-corrected chi connectivity index (χ2v) is 21.1. The lowest BCUT2D eigenvalue weighted by Crippen LogP contribution is -2.47. The van der Waals surface area contributed by atoms with Crippen LogP contribution in [0.1, 0.15) is 252 Å². The summed E-state index contributed by atoms with van der Waals surface area (Å²) in [6.45, 7) is 6.80. The third-order valence-corrected chi connectivity index (χ3v) is 13.0. The molecular formula is C55H105N2O7P. The molecule has 10 heteroatoms. The van der Waals surface area contributed by atoms with E-state index in [1.807, 2.05) is 33.3 Å². The average molecular weight is 937 g/mol. The molecular weight excluding hydrogens is 832 g/mol. The highest BCUT2D eigenvalue weighted by atomic mass is 31.2. The van der Waals surface area contributed by atoms with E-state index in [1.54, 1.807) is 0 Å². The van der Waals surface area contributed by atoms with Crippen LogP contribution in [0.25, 0.3) is 0 Å². The predicted octanol–water partition coefficient (Wildman–Crippen LogP) is 15.4. The third-order valence-electron chi connectivity index (χ3n) is 12.0. The fraction of sp³-hybridized carbons (Fsp3) is 0.855. The number of carbonyl (C=O) groups excluding carboxylic acids is 2. The number of ether oxygens (including phenoxy) is 1. The van der Waals surface area contributed by atoms with E-state index in [9.17, 15) is 19.0 Å². The highest BCUT2D eigenvalue weighted by Crippen LogP contribution is 2.38. The summed E-state index contributed by atoms with van der Waals surface area (Å²) in [7, 11) is 1.18. The third kappa shape index (κ3) is 47.1. The fourth-order valence-electron chi connectivity index (χ4n) is 7.75. The number of esters is 1. The average Bonchev–Trinajstić information content (AvgIpc) is 3.26. The zero-order valence-corrected chi connectivity index (χ0v) is 44.3. The van der Waals surface area contributed by atoms with E-state index in [0.29, 0.717) is 23.9 Å². The van der Waals surface area contributed by atoms with Gasteiger partial charge in [-0.15, -0.1) is 0 Å². The van der Waals surface area contributed by atoms with Crippen LogP contribution in [0.4, 0.5) is 0 Å². The van der Waals surface area contributed by atoms with Gasteiger partial charge < -0.3 is 28.5 Å². The summed E-state index contributed by atoms with van der Waals surface area (Å²) in [4.78, 5) is 39.7. The maximum absolute atomic E-state index is 13.4. The van der Waals surface area contributed by atoms with Crippen LogP contribution in [-0.2, 0) is 27.9 Å². The number of unbranched alkanes of at least 4 members (excludes halogenated alkanes) is 29. The van der Waals surface area contributed by atoms with Gasteiger partial charge in [0.2, 0.25) is 5.91 Å². The molecule has 65 heavy (non-hydrogen) atoms. The first-order chi connectivity index (χ1) is 31.4. The first-order valence-electron chi connectivity index (χ1n) is 27.3. The zero-order valence-electron chi connectivity index (χ0n) is 43.4. The van der Waals surface area contributed by atoms with Crippen LogP contribution in [0.3, 0.4) is 0 Å². The molecule has 3 unspecified atom stereocenters. The molecule has 382 valence electrons. The first-order valence-corrected chi connectivity index (χ1v) is 28.8. The maximum Gasteiger partial charge on any atom is 0.306 e. The summed E-state index contributed by atoms with van der Waals surface area (Å²) in [5.41, 5.74) is 0. The van der Waals surface area contributed by atoms with E-state index in [0.717, 1.165) is 77.0 Å². The van der Waals surface area contributed by atoms with Crippen molar-refractivity contribution in [3.8, 4) is 0 Å². The van der Waals surface area contributed by atoms with E-state index in [4.69, 9.17) is 13.8 Å². The number of amides is 1. The Morgan fingerprint density at radius 1 is 0.523 bits per heavy atom. The largest absolute Gasteiger partial charge is 0.756 e. The van der Waals surface area contributed by atoms with Gasteiger partial charge in [0.05, 0.1) is 33.8 Å². The highest BCUT2D eigenvalue weighted by Gasteiger charge is 2.27. The Hall–Kier alpha value is -1.77. The minimum Gasteiger partial charge on any atom is -0.756 e. The summed E-state index contributed by atoms with van der Waals surface area (Å²) < 4.78 is 30.1. The molecule has 0 radical (unpaired) electrons. The molecule has 9 nitrogen and oxygen atoms in total. The van der Waals surface area contributed by atoms with E-state index in [-0.39, 0.29) is 24.9 Å². The second-order valence-electron chi connectivity index (χ2n) is 19.7. The molecule has 0 spiro atoms. The van der Waals surface area contributed by atoms with Gasteiger partial charge in [-0.1, -0.05) is 192 Å². The number of hydrogen-bond donors (Lipinski definition) is 1. The Morgan fingerprint density at radius 2 is 0.892 bits per heavy atom. The van der Waals surface area contributed by atoms with Gasteiger partial charge >= 0.3 is 5.97 Å². The number of likely N-dealkylation sites (N-methyl/N-ethyl adjacent to an activating group) is 1. The zero-order chi connectivity index (χ0) is 48.0. The molecule has 0 aliphatic carbocycles. The van der Waals surface area contributed by atoms with E-state index in [2.05, 4.69) is 50.4 Å². The van der Waals surface area contributed by atoms with E-state index in [1.165, 1.54) is 135 Å². The number of phosphoric acid groups is 1. The second kappa shape index (κ2) is 46.0. The fourth-order valence-corrected chi connectivity index (χ4v) is 8.47. The van der Waals surface area contributed by atoms with Crippen molar-refractivity contribution in [2.45, 2.75) is 264 Å². The lowest BCUT2D eigenvalue weighted by Gasteiger charge is -2.30. The molecule has 0 aromatic heterocycles. The van der Waals surface area contributed by atoms with Gasteiger partial charge in [-0.05, 0) is 83.1 Å². The number of hydrogen-bond acceptors (Lipinski definition) is 7. The number of rotatable bonds is 49. The Morgan fingerprint density at radius 3 is 1.34 bits per heavy atom. The van der Waals surface area contributed by atoms with E-state index < -0.39 is 26.6 Å². The molecule has 0 rings (SSSR count). The summed E-state index contributed by atoms with van der Waals surface area (Å²) in [5.74, 6) is -0.562. The van der Waals surface area contributed by atoms with Crippen LogP contribution in [-0.4, -0.2) is 69.4 Å². The Kier molecular flexibility index (Phi) is 44.7. The Balaban J connectivity index is 5.39. The summed E-state index contributed by atoms with van der Waals surface area (Å²) in [6, 6.07) is -0.893. The summed E-state index contributed by atoms with van der Waals surface area (Å²) in [5, 5.41) is 3.00. The molecule has 1 amide bonds. The van der Waals surface area contributed by atoms with Crippen molar-refractivity contribution in [2.75, 3.05) is 40.9 Å². The molecule has 3 atom stereocenters. The molecule has 0 aromatic rings. The number of phosphoric ester groups is 1. The van der Waals surface area contributed by atoms with Gasteiger partial charge in [-0.2, -0.15) is 0 Å². The maximum atomic E-state index is 13.4. The molecule has 0 aliphatic heterocycles. The van der Waals surface area contributed by atoms with Crippen LogP contribution in [0.2, 0.25) is 0 Å². The number of carbonyl (C=O) groups is 2. The molecule has 0 heterocycles. The van der Waals surface area contributed by atoms with Crippen molar-refractivity contribution in [3.05, 3.63) is 36.5 Å². The number of quaternary nitrogens is 1. The first kappa shape index (κ1) is 63.2. The smallest absolute Gasteiger partial charge is 0.306 e. The van der Waals surface area contributed by atoms with Crippen molar-refractivity contribution in [1.29, 1.82) is 0 Å². The van der Waals surface area contributed by atoms with Crippen molar-refractivity contribution >= 4 is 19.7 Å². The standard InChI is InChI=1S/C55H105N2O7P/c1-7-10-13-16-19-22-25-27-28-30-33-36-39-42-45-48-55(59)64-53(46-43-40-37-34-31-24-21-18-15-12-9-3)52(51-63-65(60,61)62-50-49-57(4,5)6)56-54(58)47-44-41-38-35-32-29-26-23-20-17-14-11-8-2/h22,25,29,32,43,46,52-53H,7-21,23-24,26-28,30-31,33-42,44-45,47-51H2,1-6H3,(H-,56,58,60,61)/b25-22-,32-29-,46-43+. The molecule has 0 fully saturated rings. The minimum atomic E-state index is -4.69. The minimum absolute atomic E-state index is 0.0246.